The number of ether oxygens (including phenoxy) is 1. The summed E-state index contributed by atoms with van der Waals surface area (Å²) < 4.78 is 4.76. The predicted octanol–water partition coefficient (Wildman–Crippen LogP) is 0.788. The molecule has 5 nitrogen and oxygen atoms in total. The van der Waals surface area contributed by atoms with Crippen molar-refractivity contribution >= 4 is 11.9 Å². The fourth-order valence-corrected chi connectivity index (χ4v) is 2.22. The van der Waals surface area contributed by atoms with Crippen LogP contribution in [0.4, 0.5) is 0 Å². The van der Waals surface area contributed by atoms with Crippen molar-refractivity contribution in [1.82, 2.24) is 10.2 Å². The molecule has 5 heteroatoms. The lowest BCUT2D eigenvalue weighted by Gasteiger charge is -2.30. The quantitative estimate of drug-likeness (QED) is 0.564. The standard InChI is InChI=1S/C13H24N2O3/c1-3-4-7-14-12(16)10-15-8-5-6-11(9-15)13(17)18-2/h11H,3-10H2,1-2H3,(H,14,16). The molecular formula is C13H24N2O3. The molecule has 0 aromatic rings. The summed E-state index contributed by atoms with van der Waals surface area (Å²) in [5.41, 5.74) is 0. The Labute approximate surface area is 109 Å². The number of unbranched alkanes of at least 4 members (excludes halogenated alkanes) is 1. The Morgan fingerprint density at radius 3 is 2.89 bits per heavy atom. The van der Waals surface area contributed by atoms with Gasteiger partial charge in [-0.05, 0) is 25.8 Å². The highest BCUT2D eigenvalue weighted by molar-refractivity contribution is 5.78. The second kappa shape index (κ2) is 8.08. The molecular weight excluding hydrogens is 232 g/mol. The number of likely N-dealkylation sites (tertiary alicyclic amines) is 1. The molecule has 0 aromatic heterocycles. The molecule has 0 aliphatic carbocycles. The molecule has 0 saturated carbocycles. The lowest BCUT2D eigenvalue weighted by atomic mass is 9.98. The number of carbonyl (C=O) groups excluding carboxylic acids is 2. The van der Waals surface area contributed by atoms with Gasteiger partial charge in [-0.15, -0.1) is 0 Å². The molecule has 1 unspecified atom stereocenters. The highest BCUT2D eigenvalue weighted by Gasteiger charge is 2.27. The molecule has 1 amide bonds. The van der Waals surface area contributed by atoms with Crippen LogP contribution in [0.3, 0.4) is 0 Å². The van der Waals surface area contributed by atoms with Gasteiger partial charge in [0.05, 0.1) is 19.6 Å². The first-order valence-corrected chi connectivity index (χ1v) is 6.74. The molecule has 104 valence electrons. The first-order valence-electron chi connectivity index (χ1n) is 6.74. The van der Waals surface area contributed by atoms with Crippen molar-refractivity contribution in [1.29, 1.82) is 0 Å². The fraction of sp³-hybridized carbons (Fsp3) is 0.846. The number of hydrogen-bond donors (Lipinski definition) is 1. The zero-order chi connectivity index (χ0) is 13.4. The maximum atomic E-state index is 11.7. The van der Waals surface area contributed by atoms with Gasteiger partial charge in [0, 0.05) is 13.1 Å². The monoisotopic (exact) mass is 256 g/mol. The van der Waals surface area contributed by atoms with Gasteiger partial charge in [0.1, 0.15) is 0 Å². The molecule has 1 atom stereocenters. The van der Waals surface area contributed by atoms with Gasteiger partial charge < -0.3 is 10.1 Å². The van der Waals surface area contributed by atoms with Crippen LogP contribution in [0.5, 0.6) is 0 Å². The molecule has 0 radical (unpaired) electrons. The van der Waals surface area contributed by atoms with Crippen molar-refractivity contribution in [2.75, 3.05) is 33.3 Å². The van der Waals surface area contributed by atoms with Crippen LogP contribution in [0, 0.1) is 5.92 Å². The molecule has 1 heterocycles. The SMILES string of the molecule is CCCCNC(=O)CN1CCCC(C(=O)OC)C1. The van der Waals surface area contributed by atoms with E-state index in [1.807, 2.05) is 4.90 Å². The van der Waals surface area contributed by atoms with Crippen molar-refractivity contribution in [3.8, 4) is 0 Å². The van der Waals surface area contributed by atoms with Crippen LogP contribution in [-0.4, -0.2) is 50.1 Å². The summed E-state index contributed by atoms with van der Waals surface area (Å²) in [5, 5.41) is 2.89. The summed E-state index contributed by atoms with van der Waals surface area (Å²) in [7, 11) is 1.42. The summed E-state index contributed by atoms with van der Waals surface area (Å²) in [6.07, 6.45) is 3.90. The van der Waals surface area contributed by atoms with Gasteiger partial charge in [-0.3, -0.25) is 14.5 Å². The first-order chi connectivity index (χ1) is 8.67. The third-order valence-corrected chi connectivity index (χ3v) is 3.26. The summed E-state index contributed by atoms with van der Waals surface area (Å²) in [5.74, 6) is -0.188. The Hall–Kier alpha value is -1.10. The van der Waals surface area contributed by atoms with Crippen LogP contribution in [-0.2, 0) is 14.3 Å². The van der Waals surface area contributed by atoms with E-state index in [1.54, 1.807) is 0 Å². The molecule has 1 saturated heterocycles. The predicted molar refractivity (Wildman–Crippen MR) is 69.1 cm³/mol. The average molecular weight is 256 g/mol. The topological polar surface area (TPSA) is 58.6 Å². The van der Waals surface area contributed by atoms with Gasteiger partial charge in [-0.25, -0.2) is 0 Å². The van der Waals surface area contributed by atoms with Crippen LogP contribution in [0.2, 0.25) is 0 Å². The van der Waals surface area contributed by atoms with Gasteiger partial charge >= 0.3 is 5.97 Å². The molecule has 0 aromatic carbocycles. The molecule has 18 heavy (non-hydrogen) atoms. The van der Waals surface area contributed by atoms with Crippen molar-refractivity contribution in [2.24, 2.45) is 5.92 Å². The van der Waals surface area contributed by atoms with Crippen molar-refractivity contribution < 1.29 is 14.3 Å². The number of rotatable bonds is 6. The second-order valence-electron chi connectivity index (χ2n) is 4.80. The zero-order valence-corrected chi connectivity index (χ0v) is 11.4. The maximum absolute atomic E-state index is 11.7. The Morgan fingerprint density at radius 1 is 1.44 bits per heavy atom. The van der Waals surface area contributed by atoms with E-state index in [-0.39, 0.29) is 17.8 Å². The van der Waals surface area contributed by atoms with E-state index in [0.717, 1.165) is 38.8 Å². The molecule has 0 bridgehead atoms. The molecule has 1 fully saturated rings. The lowest BCUT2D eigenvalue weighted by Crippen LogP contribution is -2.44. The van der Waals surface area contributed by atoms with Crippen LogP contribution >= 0.6 is 0 Å². The van der Waals surface area contributed by atoms with Crippen molar-refractivity contribution in [3.63, 3.8) is 0 Å². The van der Waals surface area contributed by atoms with Crippen LogP contribution in [0.1, 0.15) is 32.6 Å². The second-order valence-corrected chi connectivity index (χ2v) is 4.80. The largest absolute Gasteiger partial charge is 0.469 e. The third-order valence-electron chi connectivity index (χ3n) is 3.26. The smallest absolute Gasteiger partial charge is 0.309 e. The van der Waals surface area contributed by atoms with E-state index in [4.69, 9.17) is 4.74 Å². The molecule has 1 rings (SSSR count). The highest BCUT2D eigenvalue weighted by Crippen LogP contribution is 2.17. The van der Waals surface area contributed by atoms with E-state index in [1.165, 1.54) is 7.11 Å². The van der Waals surface area contributed by atoms with E-state index in [9.17, 15) is 9.59 Å². The Morgan fingerprint density at radius 2 is 2.22 bits per heavy atom. The number of amides is 1. The number of carbonyl (C=O) groups is 2. The zero-order valence-electron chi connectivity index (χ0n) is 11.4. The lowest BCUT2D eigenvalue weighted by molar-refractivity contribution is -0.147. The number of nitrogens with zero attached hydrogens (tertiary/aromatic N) is 1. The highest BCUT2D eigenvalue weighted by atomic mass is 16.5. The van der Waals surface area contributed by atoms with E-state index < -0.39 is 0 Å². The van der Waals surface area contributed by atoms with E-state index in [0.29, 0.717) is 13.1 Å². The van der Waals surface area contributed by atoms with Crippen LogP contribution < -0.4 is 5.32 Å². The Kier molecular flexibility index (Phi) is 6.72. The number of methoxy groups -OCH3 is 1. The molecule has 1 N–H and O–H groups in total. The maximum Gasteiger partial charge on any atom is 0.309 e. The molecule has 0 spiro atoms. The Balaban J connectivity index is 2.29. The fourth-order valence-electron chi connectivity index (χ4n) is 2.22. The van der Waals surface area contributed by atoms with Gasteiger partial charge in [-0.2, -0.15) is 0 Å². The summed E-state index contributed by atoms with van der Waals surface area (Å²) in [6, 6.07) is 0. The van der Waals surface area contributed by atoms with Gasteiger partial charge in [0.2, 0.25) is 5.91 Å². The number of nitrogens with one attached hydrogen (secondary N) is 1. The average Bonchev–Trinajstić information content (AvgIpc) is 2.38. The Bertz CT molecular complexity index is 281. The van der Waals surface area contributed by atoms with Crippen molar-refractivity contribution in [3.05, 3.63) is 0 Å². The van der Waals surface area contributed by atoms with Crippen LogP contribution in [0.25, 0.3) is 0 Å². The summed E-state index contributed by atoms with van der Waals surface area (Å²) >= 11 is 0. The van der Waals surface area contributed by atoms with E-state index >= 15 is 0 Å². The minimum atomic E-state index is -0.161. The number of esters is 1. The summed E-state index contributed by atoms with van der Waals surface area (Å²) in [4.78, 5) is 25.2. The first kappa shape index (κ1) is 15.0. The summed E-state index contributed by atoms with van der Waals surface area (Å²) in [6.45, 7) is 4.74. The number of piperidine rings is 1. The number of hydrogen-bond acceptors (Lipinski definition) is 4. The van der Waals surface area contributed by atoms with E-state index in [2.05, 4.69) is 12.2 Å². The minimum Gasteiger partial charge on any atom is -0.469 e. The van der Waals surface area contributed by atoms with Gasteiger partial charge in [0.25, 0.3) is 0 Å². The molecule has 1 aliphatic rings. The third kappa shape index (κ3) is 5.04. The van der Waals surface area contributed by atoms with Crippen LogP contribution in [0.15, 0.2) is 0 Å². The normalized spacial score (nSPS) is 20.4. The molecule has 1 aliphatic heterocycles. The van der Waals surface area contributed by atoms with Gasteiger partial charge in [0.15, 0.2) is 0 Å². The minimum absolute atomic E-state index is 0.0500. The van der Waals surface area contributed by atoms with Gasteiger partial charge in [-0.1, -0.05) is 13.3 Å². The van der Waals surface area contributed by atoms with Crippen molar-refractivity contribution in [2.45, 2.75) is 32.6 Å².